The molecule has 2 heterocycles. The fourth-order valence-corrected chi connectivity index (χ4v) is 3.36. The average Bonchev–Trinajstić information content (AvgIpc) is 2.99. The number of para-hydroxylation sites is 1. The molecular weight excluding hydrogens is 360 g/mol. The van der Waals surface area contributed by atoms with Crippen molar-refractivity contribution in [2.75, 3.05) is 19.6 Å². The molecule has 0 unspecified atom stereocenters. The van der Waals surface area contributed by atoms with E-state index in [1.165, 1.54) is 0 Å². The number of likely N-dealkylation sites (tertiary alicyclic amines) is 1. The van der Waals surface area contributed by atoms with Crippen molar-refractivity contribution in [2.24, 2.45) is 5.73 Å². The molecule has 0 saturated carbocycles. The van der Waals surface area contributed by atoms with Gasteiger partial charge in [0, 0.05) is 19.1 Å². The lowest BCUT2D eigenvalue weighted by Crippen LogP contribution is -2.46. The SMILES string of the molecule is Cc1noc(C)c1COc1ccccc1C(=O)NC1CCN(CC(N)=O)CC1. The normalized spacial score (nSPS) is 15.4. The minimum Gasteiger partial charge on any atom is -0.488 e. The van der Waals surface area contributed by atoms with E-state index in [-0.39, 0.29) is 31.0 Å². The van der Waals surface area contributed by atoms with Gasteiger partial charge in [0.05, 0.1) is 23.4 Å². The van der Waals surface area contributed by atoms with Crippen LogP contribution in [0.25, 0.3) is 0 Å². The third-order valence-corrected chi connectivity index (χ3v) is 4.99. The fraction of sp³-hybridized carbons (Fsp3) is 0.450. The highest BCUT2D eigenvalue weighted by Gasteiger charge is 2.23. The Balaban J connectivity index is 1.59. The van der Waals surface area contributed by atoms with E-state index >= 15 is 0 Å². The first-order chi connectivity index (χ1) is 13.4. The Morgan fingerprint density at radius 1 is 1.29 bits per heavy atom. The van der Waals surface area contributed by atoms with Crippen molar-refractivity contribution < 1.29 is 18.8 Å². The molecule has 1 aromatic carbocycles. The number of benzene rings is 1. The minimum atomic E-state index is -0.327. The van der Waals surface area contributed by atoms with Crippen molar-refractivity contribution >= 4 is 11.8 Å². The lowest BCUT2D eigenvalue weighted by molar-refractivity contribution is -0.119. The number of hydrogen-bond acceptors (Lipinski definition) is 6. The number of primary amides is 1. The van der Waals surface area contributed by atoms with Gasteiger partial charge in [0.25, 0.3) is 5.91 Å². The van der Waals surface area contributed by atoms with Crippen molar-refractivity contribution in [2.45, 2.75) is 39.3 Å². The first kappa shape index (κ1) is 19.9. The van der Waals surface area contributed by atoms with E-state index in [2.05, 4.69) is 10.5 Å². The number of carbonyl (C=O) groups excluding carboxylic acids is 2. The summed E-state index contributed by atoms with van der Waals surface area (Å²) >= 11 is 0. The van der Waals surface area contributed by atoms with Crippen molar-refractivity contribution in [3.05, 3.63) is 46.8 Å². The Kier molecular flexibility index (Phi) is 6.30. The lowest BCUT2D eigenvalue weighted by atomic mass is 10.0. The standard InChI is InChI=1S/C20H26N4O4/c1-13-17(14(2)28-23-13)12-27-18-6-4-3-5-16(18)20(26)22-15-7-9-24(10-8-15)11-19(21)25/h3-6,15H,7-12H2,1-2H3,(H2,21,25)(H,22,26). The number of nitrogens with two attached hydrogens (primary N) is 1. The van der Waals surface area contributed by atoms with E-state index in [1.54, 1.807) is 12.1 Å². The molecular formula is C20H26N4O4. The first-order valence-corrected chi connectivity index (χ1v) is 9.39. The summed E-state index contributed by atoms with van der Waals surface area (Å²) in [4.78, 5) is 25.8. The van der Waals surface area contributed by atoms with Gasteiger partial charge in [-0.3, -0.25) is 14.5 Å². The van der Waals surface area contributed by atoms with E-state index in [9.17, 15) is 9.59 Å². The van der Waals surface area contributed by atoms with Crippen LogP contribution in [-0.4, -0.2) is 47.5 Å². The number of carbonyl (C=O) groups is 2. The van der Waals surface area contributed by atoms with Gasteiger partial charge in [-0.25, -0.2) is 0 Å². The molecule has 1 aliphatic heterocycles. The Labute approximate surface area is 164 Å². The molecule has 2 amide bonds. The number of rotatable bonds is 7. The van der Waals surface area contributed by atoms with Gasteiger partial charge in [-0.15, -0.1) is 0 Å². The van der Waals surface area contributed by atoms with Crippen LogP contribution in [0.3, 0.4) is 0 Å². The van der Waals surface area contributed by atoms with Crippen LogP contribution in [0.4, 0.5) is 0 Å². The molecule has 1 fully saturated rings. The summed E-state index contributed by atoms with van der Waals surface area (Å²) in [7, 11) is 0. The van der Waals surface area contributed by atoms with Crippen LogP contribution < -0.4 is 15.8 Å². The summed E-state index contributed by atoms with van der Waals surface area (Å²) in [5.41, 5.74) is 7.40. The summed E-state index contributed by atoms with van der Waals surface area (Å²) < 4.78 is 11.0. The lowest BCUT2D eigenvalue weighted by Gasteiger charge is -2.31. The van der Waals surface area contributed by atoms with E-state index in [0.29, 0.717) is 17.1 Å². The summed E-state index contributed by atoms with van der Waals surface area (Å²) in [5, 5.41) is 6.99. The van der Waals surface area contributed by atoms with Crippen LogP contribution in [-0.2, 0) is 11.4 Å². The molecule has 2 aromatic rings. The largest absolute Gasteiger partial charge is 0.488 e. The molecule has 3 N–H and O–H groups in total. The van der Waals surface area contributed by atoms with Crippen LogP contribution in [0.15, 0.2) is 28.8 Å². The summed E-state index contributed by atoms with van der Waals surface area (Å²) in [5.74, 6) is 0.739. The fourth-order valence-electron chi connectivity index (χ4n) is 3.36. The molecule has 150 valence electrons. The van der Waals surface area contributed by atoms with Gasteiger partial charge in [-0.1, -0.05) is 17.3 Å². The number of piperidine rings is 1. The van der Waals surface area contributed by atoms with Crippen LogP contribution in [0.2, 0.25) is 0 Å². The van der Waals surface area contributed by atoms with E-state index < -0.39 is 0 Å². The van der Waals surface area contributed by atoms with Gasteiger partial charge >= 0.3 is 0 Å². The number of amides is 2. The molecule has 0 atom stereocenters. The third-order valence-electron chi connectivity index (χ3n) is 4.99. The molecule has 1 aromatic heterocycles. The Morgan fingerprint density at radius 3 is 2.64 bits per heavy atom. The molecule has 0 spiro atoms. The highest BCUT2D eigenvalue weighted by atomic mass is 16.5. The highest BCUT2D eigenvalue weighted by Crippen LogP contribution is 2.22. The zero-order valence-corrected chi connectivity index (χ0v) is 16.2. The Bertz CT molecular complexity index is 821. The number of hydrogen-bond donors (Lipinski definition) is 2. The molecule has 8 heteroatoms. The minimum absolute atomic E-state index is 0.0623. The van der Waals surface area contributed by atoms with Gasteiger partial charge in [-0.2, -0.15) is 0 Å². The van der Waals surface area contributed by atoms with Crippen LogP contribution >= 0.6 is 0 Å². The molecule has 3 rings (SSSR count). The molecule has 0 aliphatic carbocycles. The average molecular weight is 386 g/mol. The van der Waals surface area contributed by atoms with Crippen molar-refractivity contribution in [3.8, 4) is 5.75 Å². The molecule has 1 aliphatic rings. The smallest absolute Gasteiger partial charge is 0.255 e. The number of aromatic nitrogens is 1. The Hall–Kier alpha value is -2.87. The topological polar surface area (TPSA) is 111 Å². The summed E-state index contributed by atoms with van der Waals surface area (Å²) in [6, 6.07) is 7.24. The summed E-state index contributed by atoms with van der Waals surface area (Å²) in [6.45, 7) is 5.71. The second-order valence-corrected chi connectivity index (χ2v) is 7.08. The van der Waals surface area contributed by atoms with Crippen LogP contribution in [0, 0.1) is 13.8 Å². The maximum Gasteiger partial charge on any atom is 0.255 e. The molecule has 0 bridgehead atoms. The maximum absolute atomic E-state index is 12.8. The molecule has 1 saturated heterocycles. The van der Waals surface area contributed by atoms with E-state index in [1.807, 2.05) is 30.9 Å². The number of nitrogens with zero attached hydrogens (tertiary/aromatic N) is 2. The van der Waals surface area contributed by atoms with Crippen molar-refractivity contribution in [3.63, 3.8) is 0 Å². The van der Waals surface area contributed by atoms with Crippen LogP contribution in [0.5, 0.6) is 5.75 Å². The second-order valence-electron chi connectivity index (χ2n) is 7.08. The quantitative estimate of drug-likeness (QED) is 0.747. The van der Waals surface area contributed by atoms with Crippen molar-refractivity contribution in [1.82, 2.24) is 15.4 Å². The first-order valence-electron chi connectivity index (χ1n) is 9.39. The number of nitrogens with one attached hydrogen (secondary N) is 1. The van der Waals surface area contributed by atoms with E-state index in [4.69, 9.17) is 15.0 Å². The second kappa shape index (κ2) is 8.88. The maximum atomic E-state index is 12.8. The number of aryl methyl sites for hydroxylation is 2. The van der Waals surface area contributed by atoms with Gasteiger partial charge < -0.3 is 20.3 Å². The predicted molar refractivity (Wildman–Crippen MR) is 103 cm³/mol. The van der Waals surface area contributed by atoms with Gasteiger partial charge in [-0.05, 0) is 38.8 Å². The summed E-state index contributed by atoms with van der Waals surface area (Å²) in [6.07, 6.45) is 1.56. The highest BCUT2D eigenvalue weighted by molar-refractivity contribution is 5.97. The zero-order chi connectivity index (χ0) is 20.1. The predicted octanol–water partition coefficient (Wildman–Crippen LogP) is 1.55. The number of ether oxygens (including phenoxy) is 1. The van der Waals surface area contributed by atoms with Gasteiger partial charge in [0.15, 0.2) is 0 Å². The molecule has 8 nitrogen and oxygen atoms in total. The van der Waals surface area contributed by atoms with Gasteiger partial charge in [0.1, 0.15) is 18.1 Å². The van der Waals surface area contributed by atoms with E-state index in [0.717, 1.165) is 37.2 Å². The Morgan fingerprint density at radius 2 is 2.00 bits per heavy atom. The third kappa shape index (κ3) is 4.89. The molecule has 28 heavy (non-hydrogen) atoms. The monoisotopic (exact) mass is 386 g/mol. The zero-order valence-electron chi connectivity index (χ0n) is 16.2. The van der Waals surface area contributed by atoms with Gasteiger partial charge in [0.2, 0.25) is 5.91 Å². The van der Waals surface area contributed by atoms with Crippen molar-refractivity contribution in [1.29, 1.82) is 0 Å². The molecule has 0 radical (unpaired) electrons. The van der Waals surface area contributed by atoms with Crippen LogP contribution in [0.1, 0.15) is 40.2 Å².